The quantitative estimate of drug-likeness (QED) is 0.213. The highest BCUT2D eigenvalue weighted by Crippen LogP contribution is 2.25. The second-order valence-electron chi connectivity index (χ2n) is 6.73. The van der Waals surface area contributed by atoms with Crippen LogP contribution in [0.2, 0.25) is 0 Å². The van der Waals surface area contributed by atoms with Crippen molar-refractivity contribution >= 4 is 17.2 Å². The monoisotopic (exact) mass is 382 g/mol. The minimum Gasteiger partial charge on any atom is -0.363 e. The standard InChI is InChI=1S/C24H22N4O/c1-19(15-24(29)26-27-25)22-13-8-14-23(16-22)28(17-20-9-4-2-5-10-20)18-21-11-6-3-7-12-21/h2-16H,17-18H2,1H3. The maximum absolute atomic E-state index is 11.6. The lowest BCUT2D eigenvalue weighted by atomic mass is 10.0. The Morgan fingerprint density at radius 1 is 0.931 bits per heavy atom. The third kappa shape index (κ3) is 5.83. The van der Waals surface area contributed by atoms with Gasteiger partial charge in [-0.25, -0.2) is 0 Å². The predicted octanol–water partition coefficient (Wildman–Crippen LogP) is 6.13. The van der Waals surface area contributed by atoms with Crippen LogP contribution in [0.4, 0.5) is 5.69 Å². The molecule has 0 spiro atoms. The molecule has 3 aromatic rings. The minimum absolute atomic E-state index is 0.596. The molecule has 0 saturated heterocycles. The van der Waals surface area contributed by atoms with Gasteiger partial charge in [0.1, 0.15) is 0 Å². The maximum Gasteiger partial charge on any atom is 0.242 e. The molecular formula is C24H22N4O. The van der Waals surface area contributed by atoms with E-state index in [1.165, 1.54) is 17.2 Å². The predicted molar refractivity (Wildman–Crippen MR) is 117 cm³/mol. The number of anilines is 1. The van der Waals surface area contributed by atoms with E-state index in [0.717, 1.165) is 29.9 Å². The van der Waals surface area contributed by atoms with Gasteiger partial charge in [0.05, 0.1) is 0 Å². The number of hydrogen-bond donors (Lipinski definition) is 0. The van der Waals surface area contributed by atoms with Gasteiger partial charge < -0.3 is 4.90 Å². The summed E-state index contributed by atoms with van der Waals surface area (Å²) >= 11 is 0. The summed E-state index contributed by atoms with van der Waals surface area (Å²) in [5, 5.41) is 3.11. The first kappa shape index (κ1) is 19.9. The van der Waals surface area contributed by atoms with E-state index in [-0.39, 0.29) is 0 Å². The Balaban J connectivity index is 1.92. The summed E-state index contributed by atoms with van der Waals surface area (Å²) < 4.78 is 0. The highest BCUT2D eigenvalue weighted by Gasteiger charge is 2.10. The minimum atomic E-state index is -0.596. The van der Waals surface area contributed by atoms with Gasteiger partial charge in [0.2, 0.25) is 5.91 Å². The van der Waals surface area contributed by atoms with Crippen LogP contribution in [-0.2, 0) is 17.9 Å². The van der Waals surface area contributed by atoms with E-state index in [4.69, 9.17) is 5.53 Å². The second kappa shape index (κ2) is 9.93. The molecule has 1 amide bonds. The molecule has 144 valence electrons. The van der Waals surface area contributed by atoms with Gasteiger partial charge in [-0.3, -0.25) is 4.79 Å². The highest BCUT2D eigenvalue weighted by atomic mass is 16.1. The number of benzene rings is 3. The fraction of sp³-hybridized carbons (Fsp3) is 0.125. The first-order chi connectivity index (χ1) is 14.2. The third-order valence-electron chi connectivity index (χ3n) is 4.58. The number of nitrogens with zero attached hydrogens (tertiary/aromatic N) is 4. The van der Waals surface area contributed by atoms with Crippen LogP contribution in [0, 0.1) is 0 Å². The molecule has 5 nitrogen and oxygen atoms in total. The molecule has 3 aromatic carbocycles. The van der Waals surface area contributed by atoms with E-state index in [2.05, 4.69) is 51.3 Å². The topological polar surface area (TPSA) is 69.1 Å². The summed E-state index contributed by atoms with van der Waals surface area (Å²) in [5.41, 5.74) is 13.6. The van der Waals surface area contributed by atoms with Crippen LogP contribution in [0.3, 0.4) is 0 Å². The van der Waals surface area contributed by atoms with Crippen LogP contribution >= 0.6 is 0 Å². The summed E-state index contributed by atoms with van der Waals surface area (Å²) in [6.45, 7) is 3.36. The normalized spacial score (nSPS) is 10.9. The van der Waals surface area contributed by atoms with E-state index in [1.807, 2.05) is 55.5 Å². The molecule has 0 aliphatic carbocycles. The number of allylic oxidation sites excluding steroid dienone is 1. The number of rotatable bonds is 7. The molecule has 0 aromatic heterocycles. The first-order valence-electron chi connectivity index (χ1n) is 9.36. The van der Waals surface area contributed by atoms with Crippen molar-refractivity contribution in [3.63, 3.8) is 0 Å². The number of carbonyl (C=O) groups excluding carboxylic acids is 1. The van der Waals surface area contributed by atoms with Crippen molar-refractivity contribution in [2.24, 2.45) is 5.11 Å². The van der Waals surface area contributed by atoms with Crippen LogP contribution < -0.4 is 4.90 Å². The average Bonchev–Trinajstić information content (AvgIpc) is 2.75. The zero-order valence-electron chi connectivity index (χ0n) is 16.3. The van der Waals surface area contributed by atoms with Crippen molar-refractivity contribution in [2.75, 3.05) is 4.90 Å². The fourth-order valence-corrected chi connectivity index (χ4v) is 3.14. The van der Waals surface area contributed by atoms with Crippen molar-refractivity contribution in [3.05, 3.63) is 118 Å². The lowest BCUT2D eigenvalue weighted by molar-refractivity contribution is -0.113. The molecule has 0 saturated carbocycles. The number of hydrogen-bond acceptors (Lipinski definition) is 2. The van der Waals surface area contributed by atoms with Crippen LogP contribution in [0.5, 0.6) is 0 Å². The highest BCUT2D eigenvalue weighted by molar-refractivity contribution is 5.95. The zero-order valence-corrected chi connectivity index (χ0v) is 16.3. The lowest BCUT2D eigenvalue weighted by Gasteiger charge is -2.26. The van der Waals surface area contributed by atoms with Crippen molar-refractivity contribution in [1.29, 1.82) is 0 Å². The van der Waals surface area contributed by atoms with Gasteiger partial charge in [-0.15, -0.1) is 0 Å². The van der Waals surface area contributed by atoms with E-state index < -0.39 is 5.91 Å². The van der Waals surface area contributed by atoms with Crippen LogP contribution in [-0.4, -0.2) is 5.91 Å². The molecule has 0 unspecified atom stereocenters. The van der Waals surface area contributed by atoms with E-state index in [9.17, 15) is 4.79 Å². The van der Waals surface area contributed by atoms with Crippen LogP contribution in [0.15, 0.2) is 96.1 Å². The summed E-state index contributed by atoms with van der Waals surface area (Å²) in [6.07, 6.45) is 1.36. The van der Waals surface area contributed by atoms with Crippen LogP contribution in [0.1, 0.15) is 23.6 Å². The fourth-order valence-electron chi connectivity index (χ4n) is 3.14. The zero-order chi connectivity index (χ0) is 20.5. The Kier molecular flexibility index (Phi) is 6.82. The second-order valence-corrected chi connectivity index (χ2v) is 6.73. The SMILES string of the molecule is CC(=CC(=O)N=[N+]=[N-])c1cccc(N(Cc2ccccc2)Cc2ccccc2)c1. The van der Waals surface area contributed by atoms with E-state index in [0.29, 0.717) is 0 Å². The Hall–Kier alpha value is -3.82. The molecule has 0 radical (unpaired) electrons. The largest absolute Gasteiger partial charge is 0.363 e. The van der Waals surface area contributed by atoms with Gasteiger partial charge >= 0.3 is 0 Å². The van der Waals surface area contributed by atoms with Gasteiger partial charge in [0.15, 0.2) is 0 Å². The molecule has 5 heteroatoms. The van der Waals surface area contributed by atoms with Gasteiger partial charge in [-0.05, 0) is 58.0 Å². The van der Waals surface area contributed by atoms with E-state index in [1.54, 1.807) is 0 Å². The maximum atomic E-state index is 11.6. The van der Waals surface area contributed by atoms with E-state index >= 15 is 0 Å². The smallest absolute Gasteiger partial charge is 0.242 e. The molecule has 29 heavy (non-hydrogen) atoms. The number of amides is 1. The van der Waals surface area contributed by atoms with Crippen LogP contribution in [0.25, 0.3) is 16.0 Å². The molecule has 3 rings (SSSR count). The van der Waals surface area contributed by atoms with Gasteiger partial charge in [-0.2, -0.15) is 0 Å². The lowest BCUT2D eigenvalue weighted by Crippen LogP contribution is -2.22. The van der Waals surface area contributed by atoms with Crippen molar-refractivity contribution in [2.45, 2.75) is 20.0 Å². The molecule has 0 bridgehead atoms. The molecule has 0 aliphatic heterocycles. The Morgan fingerprint density at radius 2 is 1.52 bits per heavy atom. The average molecular weight is 382 g/mol. The molecule has 0 aliphatic rings. The van der Waals surface area contributed by atoms with Crippen molar-refractivity contribution < 1.29 is 4.79 Å². The molecule has 0 heterocycles. The van der Waals surface area contributed by atoms with Crippen molar-refractivity contribution in [1.82, 2.24) is 0 Å². The Bertz CT molecular complexity index is 997. The number of carbonyl (C=O) groups is 1. The third-order valence-corrected chi connectivity index (χ3v) is 4.58. The van der Waals surface area contributed by atoms with Gasteiger partial charge in [-0.1, -0.05) is 72.8 Å². The van der Waals surface area contributed by atoms with Gasteiger partial charge in [0, 0.05) is 23.7 Å². The summed E-state index contributed by atoms with van der Waals surface area (Å²) in [6, 6.07) is 28.7. The first-order valence-corrected chi connectivity index (χ1v) is 9.36. The Morgan fingerprint density at radius 3 is 2.07 bits per heavy atom. The summed E-state index contributed by atoms with van der Waals surface area (Å²) in [7, 11) is 0. The number of azide groups is 1. The molecule has 0 N–H and O–H groups in total. The summed E-state index contributed by atoms with van der Waals surface area (Å²) in [5.74, 6) is -0.596. The molecular weight excluding hydrogens is 360 g/mol. The molecule has 0 atom stereocenters. The Labute approximate surface area is 170 Å². The molecule has 0 fully saturated rings. The van der Waals surface area contributed by atoms with Crippen molar-refractivity contribution in [3.8, 4) is 0 Å². The summed E-state index contributed by atoms with van der Waals surface area (Å²) in [4.78, 5) is 16.5. The van der Waals surface area contributed by atoms with Gasteiger partial charge in [0.25, 0.3) is 0 Å².